The van der Waals surface area contributed by atoms with Gasteiger partial charge in [-0.3, -0.25) is 13.9 Å². The quantitative estimate of drug-likeness (QED) is 0.351. The predicted molar refractivity (Wildman–Crippen MR) is 152 cm³/mol. The fourth-order valence-corrected chi connectivity index (χ4v) is 6.45. The van der Waals surface area contributed by atoms with Crippen molar-refractivity contribution < 1.29 is 18.0 Å². The first kappa shape index (κ1) is 27.9. The van der Waals surface area contributed by atoms with E-state index in [1.807, 2.05) is 30.3 Å². The number of rotatable bonds is 10. The summed E-state index contributed by atoms with van der Waals surface area (Å²) in [7, 11) is -4.07. The van der Waals surface area contributed by atoms with Crippen molar-refractivity contribution in [2.45, 2.75) is 56.1 Å². The summed E-state index contributed by atoms with van der Waals surface area (Å²) in [6.07, 6.45) is 4.00. The number of nitrogens with zero attached hydrogens (tertiary/aromatic N) is 2. The molecule has 2 amide bonds. The van der Waals surface area contributed by atoms with Gasteiger partial charge in [-0.2, -0.15) is 0 Å². The van der Waals surface area contributed by atoms with Crippen LogP contribution in [0.2, 0.25) is 0 Å². The molecule has 0 bridgehead atoms. The number of hydrogen-bond donors (Lipinski definition) is 1. The van der Waals surface area contributed by atoms with E-state index in [9.17, 15) is 18.0 Å². The van der Waals surface area contributed by atoms with Crippen molar-refractivity contribution in [3.8, 4) is 0 Å². The molecular formula is C29H32BrN3O4S. The van der Waals surface area contributed by atoms with Crippen molar-refractivity contribution in [2.75, 3.05) is 10.8 Å². The predicted octanol–water partition coefficient (Wildman–Crippen LogP) is 5.12. The van der Waals surface area contributed by atoms with E-state index in [0.717, 1.165) is 35.6 Å². The number of halogens is 1. The number of amides is 2. The zero-order valence-corrected chi connectivity index (χ0v) is 23.7. The van der Waals surface area contributed by atoms with E-state index < -0.39 is 28.5 Å². The molecule has 0 saturated heterocycles. The molecule has 9 heteroatoms. The molecule has 1 aliphatic carbocycles. The molecule has 1 atom stereocenters. The average molecular weight is 599 g/mol. The SMILES string of the molecule is CC(C(=O)NC1CCCC1)N(Cc1ccccc1)C(=O)CN(c1cccc(Br)c1)S(=O)(=O)c1ccccc1. The Bertz CT molecular complexity index is 1350. The number of hydrogen-bond acceptors (Lipinski definition) is 4. The van der Waals surface area contributed by atoms with Crippen LogP contribution in [0.25, 0.3) is 0 Å². The molecule has 38 heavy (non-hydrogen) atoms. The summed E-state index contributed by atoms with van der Waals surface area (Å²) in [5.74, 6) is -0.705. The Balaban J connectivity index is 1.66. The Kier molecular flexibility index (Phi) is 9.22. The Morgan fingerprint density at radius 3 is 2.21 bits per heavy atom. The van der Waals surface area contributed by atoms with Gasteiger partial charge in [0.25, 0.3) is 10.0 Å². The average Bonchev–Trinajstić information content (AvgIpc) is 3.44. The number of carbonyl (C=O) groups is 2. The Morgan fingerprint density at radius 2 is 1.58 bits per heavy atom. The zero-order valence-electron chi connectivity index (χ0n) is 21.3. The van der Waals surface area contributed by atoms with E-state index in [-0.39, 0.29) is 23.4 Å². The van der Waals surface area contributed by atoms with Crippen LogP contribution in [-0.2, 0) is 26.2 Å². The Morgan fingerprint density at radius 1 is 0.947 bits per heavy atom. The first-order valence-electron chi connectivity index (χ1n) is 12.7. The standard InChI is InChI=1S/C29H32BrN3O4S/c1-22(29(35)31-25-14-8-9-15-25)32(20-23-11-4-2-5-12-23)28(34)21-33(26-16-10-13-24(30)19-26)38(36,37)27-17-6-3-7-18-27/h2-7,10-13,16-19,22,25H,8-9,14-15,20-21H2,1H3,(H,31,35). The van der Waals surface area contributed by atoms with E-state index >= 15 is 0 Å². The molecule has 3 aromatic carbocycles. The van der Waals surface area contributed by atoms with E-state index in [1.165, 1.54) is 17.0 Å². The Labute approximate surface area is 233 Å². The van der Waals surface area contributed by atoms with Crippen molar-refractivity contribution in [3.05, 3.63) is 95.0 Å². The van der Waals surface area contributed by atoms with Gasteiger partial charge < -0.3 is 10.2 Å². The minimum Gasteiger partial charge on any atom is -0.352 e. The van der Waals surface area contributed by atoms with Gasteiger partial charge in [0.05, 0.1) is 10.6 Å². The molecule has 0 aromatic heterocycles. The third-order valence-electron chi connectivity index (χ3n) is 6.77. The molecule has 1 fully saturated rings. The number of carbonyl (C=O) groups excluding carboxylic acids is 2. The fourth-order valence-electron chi connectivity index (χ4n) is 4.63. The van der Waals surface area contributed by atoms with Crippen LogP contribution in [0.1, 0.15) is 38.2 Å². The zero-order chi connectivity index (χ0) is 27.1. The first-order valence-corrected chi connectivity index (χ1v) is 15.0. The lowest BCUT2D eigenvalue weighted by molar-refractivity contribution is -0.139. The monoisotopic (exact) mass is 597 g/mol. The highest BCUT2D eigenvalue weighted by atomic mass is 79.9. The van der Waals surface area contributed by atoms with Crippen LogP contribution in [-0.4, -0.2) is 43.8 Å². The van der Waals surface area contributed by atoms with Gasteiger partial charge in [-0.05, 0) is 55.7 Å². The summed E-state index contributed by atoms with van der Waals surface area (Å²) in [6.45, 7) is 1.42. The van der Waals surface area contributed by atoms with Crippen molar-refractivity contribution in [3.63, 3.8) is 0 Å². The molecule has 7 nitrogen and oxygen atoms in total. The third kappa shape index (κ3) is 6.82. The molecule has 0 heterocycles. The van der Waals surface area contributed by atoms with Crippen LogP contribution in [0.3, 0.4) is 0 Å². The van der Waals surface area contributed by atoms with E-state index in [4.69, 9.17) is 0 Å². The van der Waals surface area contributed by atoms with Gasteiger partial charge in [0.2, 0.25) is 11.8 Å². The summed E-state index contributed by atoms with van der Waals surface area (Å²) in [6, 6.07) is 23.6. The summed E-state index contributed by atoms with van der Waals surface area (Å²) in [4.78, 5) is 28.7. The second kappa shape index (κ2) is 12.6. The smallest absolute Gasteiger partial charge is 0.264 e. The van der Waals surface area contributed by atoms with Gasteiger partial charge in [0, 0.05) is 17.1 Å². The summed E-state index contributed by atoms with van der Waals surface area (Å²) < 4.78 is 29.3. The topological polar surface area (TPSA) is 86.8 Å². The lowest BCUT2D eigenvalue weighted by Crippen LogP contribution is -2.52. The molecule has 0 spiro atoms. The maximum Gasteiger partial charge on any atom is 0.264 e. The van der Waals surface area contributed by atoms with Crippen LogP contribution in [0.5, 0.6) is 0 Å². The van der Waals surface area contributed by atoms with Gasteiger partial charge in [0.15, 0.2) is 0 Å². The normalized spacial score (nSPS) is 14.6. The molecule has 1 aliphatic rings. The third-order valence-corrected chi connectivity index (χ3v) is 9.05. The summed E-state index contributed by atoms with van der Waals surface area (Å²) in [5, 5.41) is 3.08. The Hall–Kier alpha value is -3.17. The fraction of sp³-hybridized carbons (Fsp3) is 0.310. The van der Waals surface area contributed by atoms with Crippen LogP contribution in [0, 0.1) is 0 Å². The van der Waals surface area contributed by atoms with E-state index in [2.05, 4.69) is 21.2 Å². The highest BCUT2D eigenvalue weighted by Gasteiger charge is 2.33. The van der Waals surface area contributed by atoms with Gasteiger partial charge in [-0.1, -0.05) is 83.4 Å². The molecule has 1 unspecified atom stereocenters. The van der Waals surface area contributed by atoms with Gasteiger partial charge in [-0.15, -0.1) is 0 Å². The number of anilines is 1. The van der Waals surface area contributed by atoms with E-state index in [1.54, 1.807) is 49.4 Å². The van der Waals surface area contributed by atoms with Gasteiger partial charge >= 0.3 is 0 Å². The van der Waals surface area contributed by atoms with Gasteiger partial charge in [-0.25, -0.2) is 8.42 Å². The molecule has 0 radical (unpaired) electrons. The van der Waals surface area contributed by atoms with Crippen molar-refractivity contribution in [1.29, 1.82) is 0 Å². The van der Waals surface area contributed by atoms with Crippen LogP contribution in [0.4, 0.5) is 5.69 Å². The molecule has 0 aliphatic heterocycles. The number of benzene rings is 3. The van der Waals surface area contributed by atoms with Crippen LogP contribution < -0.4 is 9.62 Å². The lowest BCUT2D eigenvalue weighted by atomic mass is 10.1. The molecule has 4 rings (SSSR count). The van der Waals surface area contributed by atoms with Crippen molar-refractivity contribution in [2.24, 2.45) is 0 Å². The summed E-state index contributed by atoms with van der Waals surface area (Å²) >= 11 is 3.41. The lowest BCUT2D eigenvalue weighted by Gasteiger charge is -2.32. The molecule has 1 saturated carbocycles. The number of nitrogens with one attached hydrogen (secondary N) is 1. The van der Waals surface area contributed by atoms with Gasteiger partial charge in [0.1, 0.15) is 12.6 Å². The first-order chi connectivity index (χ1) is 18.3. The maximum atomic E-state index is 13.9. The second-order valence-corrected chi connectivity index (χ2v) is 12.3. The molecule has 200 valence electrons. The minimum atomic E-state index is -4.07. The largest absolute Gasteiger partial charge is 0.352 e. The highest BCUT2D eigenvalue weighted by Crippen LogP contribution is 2.27. The van der Waals surface area contributed by atoms with Crippen molar-refractivity contribution in [1.82, 2.24) is 10.2 Å². The maximum absolute atomic E-state index is 13.9. The molecule has 3 aromatic rings. The minimum absolute atomic E-state index is 0.0782. The number of sulfonamides is 1. The van der Waals surface area contributed by atoms with E-state index in [0.29, 0.717) is 10.2 Å². The molecule has 1 N–H and O–H groups in total. The van der Waals surface area contributed by atoms with Crippen LogP contribution in [0.15, 0.2) is 94.3 Å². The second-order valence-electron chi connectivity index (χ2n) is 9.48. The van der Waals surface area contributed by atoms with Crippen LogP contribution >= 0.6 is 15.9 Å². The summed E-state index contributed by atoms with van der Waals surface area (Å²) in [5.41, 5.74) is 1.19. The van der Waals surface area contributed by atoms with Crippen molar-refractivity contribution >= 4 is 43.5 Å². The highest BCUT2D eigenvalue weighted by molar-refractivity contribution is 9.10. The molecular weight excluding hydrogens is 566 g/mol.